The first kappa shape index (κ1) is 13.6. The number of nitrogens with zero attached hydrogens (tertiary/aromatic N) is 4. The van der Waals surface area contributed by atoms with Crippen LogP contribution in [-0.2, 0) is 24.9 Å². The fourth-order valence-electron chi connectivity index (χ4n) is 2.87. The fraction of sp³-hybridized carbons (Fsp3) is 0.714. The quantitative estimate of drug-likeness (QED) is 0.795. The Morgan fingerprint density at radius 1 is 1.25 bits per heavy atom. The van der Waals surface area contributed by atoms with Crippen LogP contribution in [0.1, 0.15) is 35.6 Å². The number of rotatable bonds is 2. The van der Waals surface area contributed by atoms with Crippen LogP contribution in [0.5, 0.6) is 0 Å². The van der Waals surface area contributed by atoms with E-state index in [0.29, 0.717) is 38.0 Å². The van der Waals surface area contributed by atoms with Crippen molar-refractivity contribution in [3.8, 4) is 0 Å². The highest BCUT2D eigenvalue weighted by molar-refractivity contribution is 5.94. The highest BCUT2D eigenvalue weighted by Gasteiger charge is 2.32. The SMILES string of the molecule is CC(C)N1Cc2c(C(=O)N3CCOCC3)nn(C)c2C1. The van der Waals surface area contributed by atoms with Crippen molar-refractivity contribution < 1.29 is 9.53 Å². The van der Waals surface area contributed by atoms with E-state index in [2.05, 4.69) is 23.8 Å². The lowest BCUT2D eigenvalue weighted by atomic mass is 10.2. The minimum atomic E-state index is 0.0516. The topological polar surface area (TPSA) is 50.6 Å². The highest BCUT2D eigenvalue weighted by atomic mass is 16.5. The van der Waals surface area contributed by atoms with E-state index in [0.717, 1.165) is 18.7 Å². The molecule has 0 N–H and O–H groups in total. The zero-order chi connectivity index (χ0) is 14.3. The van der Waals surface area contributed by atoms with E-state index in [1.54, 1.807) is 0 Å². The van der Waals surface area contributed by atoms with Gasteiger partial charge in [0.2, 0.25) is 0 Å². The van der Waals surface area contributed by atoms with Crippen LogP contribution in [0.25, 0.3) is 0 Å². The Hall–Kier alpha value is -1.40. The molecule has 0 atom stereocenters. The molecule has 0 unspecified atom stereocenters. The molecule has 0 bridgehead atoms. The normalized spacial score (nSPS) is 19.7. The van der Waals surface area contributed by atoms with Crippen molar-refractivity contribution in [1.82, 2.24) is 19.6 Å². The Bertz CT molecular complexity index is 517. The van der Waals surface area contributed by atoms with Gasteiger partial charge in [-0.1, -0.05) is 0 Å². The molecule has 20 heavy (non-hydrogen) atoms. The van der Waals surface area contributed by atoms with E-state index in [9.17, 15) is 4.79 Å². The smallest absolute Gasteiger partial charge is 0.274 e. The second kappa shape index (κ2) is 5.18. The second-order valence-electron chi connectivity index (χ2n) is 5.80. The third-order valence-corrected chi connectivity index (χ3v) is 4.22. The Balaban J connectivity index is 1.85. The summed E-state index contributed by atoms with van der Waals surface area (Å²) in [5.41, 5.74) is 2.92. The molecule has 0 spiro atoms. The van der Waals surface area contributed by atoms with Gasteiger partial charge in [0.05, 0.1) is 18.9 Å². The zero-order valence-corrected chi connectivity index (χ0v) is 12.4. The van der Waals surface area contributed by atoms with E-state index in [-0.39, 0.29) is 5.91 Å². The largest absolute Gasteiger partial charge is 0.378 e. The van der Waals surface area contributed by atoms with Crippen LogP contribution in [0.3, 0.4) is 0 Å². The monoisotopic (exact) mass is 278 g/mol. The summed E-state index contributed by atoms with van der Waals surface area (Å²) in [7, 11) is 1.93. The Labute approximate surface area is 119 Å². The molecule has 6 nitrogen and oxygen atoms in total. The first-order valence-electron chi connectivity index (χ1n) is 7.23. The van der Waals surface area contributed by atoms with Crippen molar-refractivity contribution in [2.45, 2.75) is 33.0 Å². The average Bonchev–Trinajstić information content (AvgIpc) is 3.00. The molecule has 1 aromatic rings. The molecule has 0 aromatic carbocycles. The molecular formula is C14H22N4O2. The second-order valence-corrected chi connectivity index (χ2v) is 5.80. The summed E-state index contributed by atoms with van der Waals surface area (Å²) in [5.74, 6) is 0.0516. The summed E-state index contributed by atoms with van der Waals surface area (Å²) < 4.78 is 7.17. The molecule has 1 fully saturated rings. The summed E-state index contributed by atoms with van der Waals surface area (Å²) >= 11 is 0. The number of carbonyl (C=O) groups is 1. The van der Waals surface area contributed by atoms with Crippen LogP contribution in [-0.4, -0.2) is 57.8 Å². The van der Waals surface area contributed by atoms with Gasteiger partial charge in [0.1, 0.15) is 0 Å². The van der Waals surface area contributed by atoms with E-state index in [1.165, 1.54) is 5.69 Å². The predicted molar refractivity (Wildman–Crippen MR) is 74.3 cm³/mol. The third-order valence-electron chi connectivity index (χ3n) is 4.22. The summed E-state index contributed by atoms with van der Waals surface area (Å²) in [6, 6.07) is 0.480. The van der Waals surface area contributed by atoms with Gasteiger partial charge in [0.25, 0.3) is 5.91 Å². The lowest BCUT2D eigenvalue weighted by Gasteiger charge is -2.26. The molecule has 1 amide bonds. The molecule has 1 saturated heterocycles. The Kier molecular flexibility index (Phi) is 3.52. The first-order valence-corrected chi connectivity index (χ1v) is 7.23. The summed E-state index contributed by atoms with van der Waals surface area (Å²) in [5, 5.41) is 4.46. The third kappa shape index (κ3) is 2.23. The average molecular weight is 278 g/mol. The van der Waals surface area contributed by atoms with Crippen molar-refractivity contribution in [3.63, 3.8) is 0 Å². The lowest BCUT2D eigenvalue weighted by molar-refractivity contribution is 0.0297. The van der Waals surface area contributed by atoms with Crippen molar-refractivity contribution >= 4 is 5.91 Å². The van der Waals surface area contributed by atoms with Gasteiger partial charge in [0.15, 0.2) is 5.69 Å². The van der Waals surface area contributed by atoms with Crippen LogP contribution in [0.15, 0.2) is 0 Å². The molecule has 3 rings (SSSR count). The van der Waals surface area contributed by atoms with Crippen molar-refractivity contribution in [1.29, 1.82) is 0 Å². The maximum Gasteiger partial charge on any atom is 0.274 e. The standard InChI is InChI=1S/C14H22N4O2/c1-10(2)18-8-11-12(9-18)16(3)15-13(11)14(19)17-4-6-20-7-5-17/h10H,4-9H2,1-3H3. The maximum atomic E-state index is 12.6. The van der Waals surface area contributed by atoms with E-state index in [1.807, 2.05) is 16.6 Å². The molecule has 0 saturated carbocycles. The van der Waals surface area contributed by atoms with Gasteiger partial charge in [-0.15, -0.1) is 0 Å². The maximum absolute atomic E-state index is 12.6. The lowest BCUT2D eigenvalue weighted by Crippen LogP contribution is -2.41. The van der Waals surface area contributed by atoms with Gasteiger partial charge in [-0.2, -0.15) is 5.10 Å². The van der Waals surface area contributed by atoms with Gasteiger partial charge < -0.3 is 9.64 Å². The number of fused-ring (bicyclic) bond motifs is 1. The number of morpholine rings is 1. The molecule has 0 radical (unpaired) electrons. The summed E-state index contributed by atoms with van der Waals surface area (Å²) in [6.07, 6.45) is 0. The zero-order valence-electron chi connectivity index (χ0n) is 12.4. The van der Waals surface area contributed by atoms with Gasteiger partial charge in [-0.3, -0.25) is 14.4 Å². The van der Waals surface area contributed by atoms with E-state index >= 15 is 0 Å². The van der Waals surface area contributed by atoms with Crippen molar-refractivity contribution in [2.24, 2.45) is 7.05 Å². The molecule has 2 aliphatic rings. The minimum Gasteiger partial charge on any atom is -0.378 e. The minimum absolute atomic E-state index is 0.0516. The molecule has 1 aromatic heterocycles. The number of carbonyl (C=O) groups excluding carboxylic acids is 1. The molecular weight excluding hydrogens is 256 g/mol. The van der Waals surface area contributed by atoms with E-state index in [4.69, 9.17) is 4.74 Å². The van der Waals surface area contributed by atoms with Crippen LogP contribution in [0.2, 0.25) is 0 Å². The predicted octanol–water partition coefficient (Wildman–Crippen LogP) is 0.616. The number of aromatic nitrogens is 2. The molecule has 110 valence electrons. The number of aryl methyl sites for hydroxylation is 1. The van der Waals surface area contributed by atoms with Crippen LogP contribution in [0, 0.1) is 0 Å². The van der Waals surface area contributed by atoms with Crippen molar-refractivity contribution in [2.75, 3.05) is 26.3 Å². The van der Waals surface area contributed by atoms with Gasteiger partial charge in [0, 0.05) is 44.8 Å². The molecule has 2 aliphatic heterocycles. The van der Waals surface area contributed by atoms with Crippen LogP contribution in [0.4, 0.5) is 0 Å². The molecule has 0 aliphatic carbocycles. The van der Waals surface area contributed by atoms with E-state index < -0.39 is 0 Å². The molecule has 6 heteroatoms. The summed E-state index contributed by atoms with van der Waals surface area (Å²) in [6.45, 7) is 8.65. The first-order chi connectivity index (χ1) is 9.58. The summed E-state index contributed by atoms with van der Waals surface area (Å²) in [4.78, 5) is 16.8. The Morgan fingerprint density at radius 2 is 1.95 bits per heavy atom. The number of hydrogen-bond donors (Lipinski definition) is 0. The number of hydrogen-bond acceptors (Lipinski definition) is 4. The number of amides is 1. The van der Waals surface area contributed by atoms with Gasteiger partial charge in [-0.05, 0) is 13.8 Å². The molecule has 3 heterocycles. The Morgan fingerprint density at radius 3 is 2.60 bits per heavy atom. The van der Waals surface area contributed by atoms with Gasteiger partial charge >= 0.3 is 0 Å². The van der Waals surface area contributed by atoms with Crippen LogP contribution >= 0.6 is 0 Å². The van der Waals surface area contributed by atoms with Gasteiger partial charge in [-0.25, -0.2) is 0 Å². The fourth-order valence-corrected chi connectivity index (χ4v) is 2.87. The van der Waals surface area contributed by atoms with Crippen LogP contribution < -0.4 is 0 Å². The van der Waals surface area contributed by atoms with Crippen molar-refractivity contribution in [3.05, 3.63) is 17.0 Å². The highest BCUT2D eigenvalue weighted by Crippen LogP contribution is 2.27. The number of ether oxygens (including phenoxy) is 1.